The van der Waals surface area contributed by atoms with Crippen LogP contribution in [-0.4, -0.2) is 28.6 Å². The Morgan fingerprint density at radius 3 is 2.35 bits per heavy atom. The molecule has 20 heavy (non-hydrogen) atoms. The minimum absolute atomic E-state index is 0.126. The molecule has 4 atom stereocenters. The van der Waals surface area contributed by atoms with Gasteiger partial charge in [0, 0.05) is 6.04 Å². The maximum atomic E-state index is 13.0. The minimum Gasteiger partial charge on any atom is -0.322 e. The zero-order chi connectivity index (χ0) is 13.9. The van der Waals surface area contributed by atoms with Crippen LogP contribution >= 0.6 is 0 Å². The van der Waals surface area contributed by atoms with E-state index in [-0.39, 0.29) is 5.54 Å². The van der Waals surface area contributed by atoms with E-state index in [0.717, 1.165) is 18.8 Å². The summed E-state index contributed by atoms with van der Waals surface area (Å²) < 4.78 is 0. The molecule has 3 saturated carbocycles. The lowest BCUT2D eigenvalue weighted by molar-refractivity contribution is -0.134. The zero-order valence-electron chi connectivity index (χ0n) is 12.9. The summed E-state index contributed by atoms with van der Waals surface area (Å²) in [5, 5.41) is 3.77. The highest BCUT2D eigenvalue weighted by atomic mass is 16.2. The Bertz CT molecular complexity index is 411. The Morgan fingerprint density at radius 1 is 1.10 bits per heavy atom. The topological polar surface area (TPSA) is 32.3 Å². The van der Waals surface area contributed by atoms with Crippen molar-refractivity contribution in [1.29, 1.82) is 0 Å². The number of nitrogens with one attached hydrogen (secondary N) is 1. The molecular formula is C17H28N2O. The first-order chi connectivity index (χ1) is 9.62. The van der Waals surface area contributed by atoms with Gasteiger partial charge in [-0.1, -0.05) is 26.7 Å². The quantitative estimate of drug-likeness (QED) is 0.841. The molecule has 3 nitrogen and oxygen atoms in total. The van der Waals surface area contributed by atoms with Crippen molar-refractivity contribution in [2.24, 2.45) is 17.8 Å². The standard InChI is InChI=1S/C17H28N2O/c1-11-7-8-14(12(11)2)19-15(13-5-3-4-6-13)18-17(9-10-17)16(19)20/h11-15,18H,3-10H2,1-2H3. The highest BCUT2D eigenvalue weighted by Gasteiger charge is 2.62. The molecule has 4 aliphatic rings. The molecular weight excluding hydrogens is 248 g/mol. The summed E-state index contributed by atoms with van der Waals surface area (Å²) in [6.45, 7) is 4.72. The largest absolute Gasteiger partial charge is 0.322 e. The normalized spacial score (nSPS) is 43.9. The van der Waals surface area contributed by atoms with Gasteiger partial charge in [-0.3, -0.25) is 10.1 Å². The fourth-order valence-electron chi connectivity index (χ4n) is 4.98. The summed E-state index contributed by atoms with van der Waals surface area (Å²) in [7, 11) is 0. The van der Waals surface area contributed by atoms with E-state index in [1.807, 2.05) is 0 Å². The van der Waals surface area contributed by atoms with Crippen LogP contribution in [0.15, 0.2) is 0 Å². The van der Waals surface area contributed by atoms with Gasteiger partial charge in [-0.15, -0.1) is 0 Å². The molecule has 0 bridgehead atoms. The van der Waals surface area contributed by atoms with Gasteiger partial charge in [0.2, 0.25) is 5.91 Å². The van der Waals surface area contributed by atoms with E-state index in [1.165, 1.54) is 38.5 Å². The molecule has 4 unspecified atom stereocenters. The third-order valence-corrected chi connectivity index (χ3v) is 6.74. The van der Waals surface area contributed by atoms with Gasteiger partial charge >= 0.3 is 0 Å². The lowest BCUT2D eigenvalue weighted by Crippen LogP contribution is -2.49. The lowest BCUT2D eigenvalue weighted by atomic mass is 9.95. The van der Waals surface area contributed by atoms with Gasteiger partial charge in [-0.05, 0) is 56.3 Å². The minimum atomic E-state index is -0.126. The van der Waals surface area contributed by atoms with Crippen LogP contribution in [0.4, 0.5) is 0 Å². The number of rotatable bonds is 2. The summed E-state index contributed by atoms with van der Waals surface area (Å²) in [6.07, 6.45) is 10.3. The first-order valence-corrected chi connectivity index (χ1v) is 8.73. The van der Waals surface area contributed by atoms with Gasteiger partial charge in [-0.2, -0.15) is 0 Å². The maximum Gasteiger partial charge on any atom is 0.244 e. The Balaban J connectivity index is 1.61. The van der Waals surface area contributed by atoms with Crippen LogP contribution in [-0.2, 0) is 4.79 Å². The number of carbonyl (C=O) groups excluding carboxylic acids is 1. The van der Waals surface area contributed by atoms with E-state index >= 15 is 0 Å². The van der Waals surface area contributed by atoms with Crippen LogP contribution in [0.1, 0.15) is 65.2 Å². The number of hydrogen-bond acceptors (Lipinski definition) is 2. The highest BCUT2D eigenvalue weighted by molar-refractivity contribution is 5.92. The van der Waals surface area contributed by atoms with Crippen LogP contribution in [0.5, 0.6) is 0 Å². The van der Waals surface area contributed by atoms with Crippen LogP contribution in [0.25, 0.3) is 0 Å². The van der Waals surface area contributed by atoms with Crippen LogP contribution in [0.3, 0.4) is 0 Å². The van der Waals surface area contributed by atoms with Crippen molar-refractivity contribution in [2.75, 3.05) is 0 Å². The molecule has 112 valence electrons. The maximum absolute atomic E-state index is 13.0. The molecule has 3 aliphatic carbocycles. The van der Waals surface area contributed by atoms with Crippen molar-refractivity contribution < 1.29 is 4.79 Å². The Hall–Kier alpha value is -0.570. The molecule has 0 aromatic carbocycles. The average molecular weight is 276 g/mol. The monoisotopic (exact) mass is 276 g/mol. The first kappa shape index (κ1) is 13.1. The lowest BCUT2D eigenvalue weighted by Gasteiger charge is -2.36. The molecule has 1 amide bonds. The average Bonchev–Trinajstić information content (AvgIpc) is 2.78. The summed E-state index contributed by atoms with van der Waals surface area (Å²) in [6, 6.07) is 0.496. The van der Waals surface area contributed by atoms with Gasteiger partial charge in [0.25, 0.3) is 0 Å². The molecule has 4 fully saturated rings. The van der Waals surface area contributed by atoms with Crippen molar-refractivity contribution >= 4 is 5.91 Å². The van der Waals surface area contributed by atoms with Crippen LogP contribution in [0, 0.1) is 17.8 Å². The fourth-order valence-corrected chi connectivity index (χ4v) is 4.98. The van der Waals surface area contributed by atoms with Crippen molar-refractivity contribution in [3.63, 3.8) is 0 Å². The second-order valence-electron chi connectivity index (χ2n) is 7.91. The second-order valence-corrected chi connectivity index (χ2v) is 7.91. The Labute approximate surface area is 122 Å². The van der Waals surface area contributed by atoms with Crippen molar-refractivity contribution in [3.05, 3.63) is 0 Å². The molecule has 1 N–H and O–H groups in total. The van der Waals surface area contributed by atoms with Crippen LogP contribution in [0.2, 0.25) is 0 Å². The highest BCUT2D eigenvalue weighted by Crippen LogP contribution is 2.48. The molecule has 4 rings (SSSR count). The third-order valence-electron chi connectivity index (χ3n) is 6.74. The van der Waals surface area contributed by atoms with Crippen molar-refractivity contribution in [2.45, 2.75) is 83.0 Å². The molecule has 0 radical (unpaired) electrons. The van der Waals surface area contributed by atoms with Crippen molar-refractivity contribution in [1.82, 2.24) is 10.2 Å². The summed E-state index contributed by atoms with van der Waals surface area (Å²) in [5.74, 6) is 2.59. The van der Waals surface area contributed by atoms with Gasteiger partial charge in [0.15, 0.2) is 0 Å². The van der Waals surface area contributed by atoms with Gasteiger partial charge in [-0.25, -0.2) is 0 Å². The molecule has 0 aromatic rings. The molecule has 1 spiro atoms. The van der Waals surface area contributed by atoms with Gasteiger partial charge < -0.3 is 4.90 Å². The summed E-state index contributed by atoms with van der Waals surface area (Å²) >= 11 is 0. The van der Waals surface area contributed by atoms with E-state index in [4.69, 9.17) is 0 Å². The predicted octanol–water partition coefficient (Wildman–Crippen LogP) is 2.90. The SMILES string of the molecule is CC1CCC(N2C(=O)C3(CC3)NC2C2CCCC2)C1C. The van der Waals surface area contributed by atoms with Crippen molar-refractivity contribution in [3.8, 4) is 0 Å². The first-order valence-electron chi connectivity index (χ1n) is 8.73. The Morgan fingerprint density at radius 2 is 1.80 bits per heavy atom. The molecule has 3 heteroatoms. The number of amides is 1. The van der Waals surface area contributed by atoms with E-state index < -0.39 is 0 Å². The van der Waals surface area contributed by atoms with Gasteiger partial charge in [0.1, 0.15) is 0 Å². The van der Waals surface area contributed by atoms with Crippen LogP contribution < -0.4 is 5.32 Å². The Kier molecular flexibility index (Phi) is 2.93. The van der Waals surface area contributed by atoms with E-state index in [0.29, 0.717) is 30.0 Å². The number of nitrogens with zero attached hydrogens (tertiary/aromatic N) is 1. The molecule has 1 aliphatic heterocycles. The second kappa shape index (κ2) is 4.46. The van der Waals surface area contributed by atoms with E-state index in [1.54, 1.807) is 0 Å². The third kappa shape index (κ3) is 1.78. The van der Waals surface area contributed by atoms with E-state index in [9.17, 15) is 4.79 Å². The number of carbonyl (C=O) groups is 1. The zero-order valence-corrected chi connectivity index (χ0v) is 12.9. The molecule has 0 aromatic heterocycles. The molecule has 1 heterocycles. The fraction of sp³-hybridized carbons (Fsp3) is 0.941. The van der Waals surface area contributed by atoms with Gasteiger partial charge in [0.05, 0.1) is 11.7 Å². The summed E-state index contributed by atoms with van der Waals surface area (Å²) in [4.78, 5) is 15.3. The van der Waals surface area contributed by atoms with E-state index in [2.05, 4.69) is 24.1 Å². The summed E-state index contributed by atoms with van der Waals surface area (Å²) in [5.41, 5.74) is -0.126. The smallest absolute Gasteiger partial charge is 0.244 e. The predicted molar refractivity (Wildman–Crippen MR) is 79.0 cm³/mol. The molecule has 1 saturated heterocycles. The number of hydrogen-bond donors (Lipinski definition) is 1.